The second-order valence-corrected chi connectivity index (χ2v) is 4.03. The summed E-state index contributed by atoms with van der Waals surface area (Å²) < 4.78 is 7.28. The van der Waals surface area contributed by atoms with Gasteiger partial charge in [-0.1, -0.05) is 12.1 Å². The molecule has 2 rings (SSSR count). The van der Waals surface area contributed by atoms with Crippen LogP contribution in [0.2, 0.25) is 0 Å². The highest BCUT2D eigenvalue weighted by atomic mass is 16.5. The molecule has 1 aromatic heterocycles. The fourth-order valence-corrected chi connectivity index (χ4v) is 1.59. The molecule has 0 saturated heterocycles. The molecule has 0 bridgehead atoms. The summed E-state index contributed by atoms with van der Waals surface area (Å²) in [6.07, 6.45) is 3.67. The van der Waals surface area contributed by atoms with Crippen LogP contribution >= 0.6 is 0 Å². The largest absolute Gasteiger partial charge is 0.489 e. The molecular weight excluding hydrogens is 232 g/mol. The smallest absolute Gasteiger partial charge is 0.307 e. The van der Waals surface area contributed by atoms with E-state index in [0.29, 0.717) is 12.4 Å². The molecule has 0 aliphatic carbocycles. The Bertz CT molecular complexity index is 531. The number of aliphatic carboxylic acids is 1. The SMILES string of the molecule is Cn1cc(COc2ccc(CC(=O)O)cc2)cn1. The third-order valence-electron chi connectivity index (χ3n) is 2.44. The van der Waals surface area contributed by atoms with Crippen LogP contribution in [0.3, 0.4) is 0 Å². The minimum atomic E-state index is -0.834. The van der Waals surface area contributed by atoms with Crippen molar-refractivity contribution in [2.75, 3.05) is 0 Å². The predicted molar refractivity (Wildman–Crippen MR) is 65.3 cm³/mol. The lowest BCUT2D eigenvalue weighted by atomic mass is 10.1. The van der Waals surface area contributed by atoms with Crippen molar-refractivity contribution >= 4 is 5.97 Å². The molecule has 0 amide bonds. The van der Waals surface area contributed by atoms with Crippen LogP contribution in [0.5, 0.6) is 5.75 Å². The Morgan fingerprint density at radius 2 is 2.06 bits per heavy atom. The molecule has 0 fully saturated rings. The Kier molecular flexibility index (Phi) is 3.62. The first-order valence-corrected chi connectivity index (χ1v) is 5.54. The van der Waals surface area contributed by atoms with E-state index in [2.05, 4.69) is 5.10 Å². The van der Waals surface area contributed by atoms with E-state index >= 15 is 0 Å². The van der Waals surface area contributed by atoms with Crippen LogP contribution in [-0.2, 0) is 24.9 Å². The average Bonchev–Trinajstić information content (AvgIpc) is 2.74. The molecule has 5 heteroatoms. The van der Waals surface area contributed by atoms with E-state index in [1.165, 1.54) is 0 Å². The lowest BCUT2D eigenvalue weighted by Gasteiger charge is -2.05. The van der Waals surface area contributed by atoms with Gasteiger partial charge in [-0.2, -0.15) is 5.10 Å². The molecule has 0 atom stereocenters. The first kappa shape index (κ1) is 12.2. The fraction of sp³-hybridized carbons (Fsp3) is 0.231. The van der Waals surface area contributed by atoms with Gasteiger partial charge in [0.2, 0.25) is 0 Å². The van der Waals surface area contributed by atoms with Crippen molar-refractivity contribution in [3.63, 3.8) is 0 Å². The Balaban J connectivity index is 1.92. The summed E-state index contributed by atoms with van der Waals surface area (Å²) in [5.74, 6) is -0.118. The standard InChI is InChI=1S/C13H14N2O3/c1-15-8-11(7-14-15)9-18-12-4-2-10(3-5-12)6-13(16)17/h2-5,7-8H,6,9H2,1H3,(H,16,17). The highest BCUT2D eigenvalue weighted by Crippen LogP contribution is 2.14. The molecular formula is C13H14N2O3. The fourth-order valence-electron chi connectivity index (χ4n) is 1.59. The van der Waals surface area contributed by atoms with Crippen LogP contribution in [0.1, 0.15) is 11.1 Å². The number of aromatic nitrogens is 2. The average molecular weight is 246 g/mol. The molecule has 0 aliphatic heterocycles. The lowest BCUT2D eigenvalue weighted by molar-refractivity contribution is -0.136. The van der Waals surface area contributed by atoms with E-state index in [9.17, 15) is 4.79 Å². The van der Waals surface area contributed by atoms with Crippen molar-refractivity contribution < 1.29 is 14.6 Å². The van der Waals surface area contributed by atoms with Gasteiger partial charge in [-0.3, -0.25) is 9.48 Å². The molecule has 0 spiro atoms. The third-order valence-corrected chi connectivity index (χ3v) is 2.44. The number of aryl methyl sites for hydroxylation is 1. The Hall–Kier alpha value is -2.30. The summed E-state index contributed by atoms with van der Waals surface area (Å²) in [6.45, 7) is 0.451. The Morgan fingerprint density at radius 3 is 2.61 bits per heavy atom. The monoisotopic (exact) mass is 246 g/mol. The Labute approximate surface area is 105 Å². The van der Waals surface area contributed by atoms with E-state index in [4.69, 9.17) is 9.84 Å². The van der Waals surface area contributed by atoms with Crippen molar-refractivity contribution in [1.29, 1.82) is 0 Å². The minimum Gasteiger partial charge on any atom is -0.489 e. The molecule has 1 heterocycles. The maximum Gasteiger partial charge on any atom is 0.307 e. The molecule has 0 saturated carbocycles. The van der Waals surface area contributed by atoms with E-state index in [1.54, 1.807) is 35.1 Å². The van der Waals surface area contributed by atoms with Gasteiger partial charge >= 0.3 is 5.97 Å². The van der Waals surface area contributed by atoms with Crippen LogP contribution in [0.4, 0.5) is 0 Å². The van der Waals surface area contributed by atoms with Gasteiger partial charge in [-0.05, 0) is 17.7 Å². The van der Waals surface area contributed by atoms with Gasteiger partial charge in [0.1, 0.15) is 12.4 Å². The lowest BCUT2D eigenvalue weighted by Crippen LogP contribution is -2.00. The molecule has 0 aliphatic rings. The first-order valence-electron chi connectivity index (χ1n) is 5.54. The molecule has 5 nitrogen and oxygen atoms in total. The summed E-state index contributed by atoms with van der Waals surface area (Å²) in [5, 5.41) is 12.7. The number of carboxylic acids is 1. The zero-order chi connectivity index (χ0) is 13.0. The quantitative estimate of drug-likeness (QED) is 0.870. The normalized spacial score (nSPS) is 10.3. The molecule has 2 aromatic rings. The summed E-state index contributed by atoms with van der Waals surface area (Å²) in [7, 11) is 1.85. The maximum atomic E-state index is 10.5. The zero-order valence-corrected chi connectivity index (χ0v) is 10.0. The van der Waals surface area contributed by atoms with E-state index in [0.717, 1.165) is 11.1 Å². The highest BCUT2D eigenvalue weighted by molar-refractivity contribution is 5.70. The Morgan fingerprint density at radius 1 is 1.33 bits per heavy atom. The second kappa shape index (κ2) is 5.35. The summed E-state index contributed by atoms with van der Waals surface area (Å²) in [5.41, 5.74) is 1.75. The van der Waals surface area contributed by atoms with Crippen LogP contribution in [0.25, 0.3) is 0 Å². The number of carbonyl (C=O) groups is 1. The summed E-state index contributed by atoms with van der Waals surface area (Å²) in [4.78, 5) is 10.5. The molecule has 0 unspecified atom stereocenters. The van der Waals surface area contributed by atoms with Crippen molar-refractivity contribution in [2.45, 2.75) is 13.0 Å². The number of benzene rings is 1. The molecule has 18 heavy (non-hydrogen) atoms. The van der Waals surface area contributed by atoms with Crippen LogP contribution < -0.4 is 4.74 Å². The van der Waals surface area contributed by atoms with Crippen molar-refractivity contribution in [3.05, 3.63) is 47.8 Å². The van der Waals surface area contributed by atoms with Crippen LogP contribution in [-0.4, -0.2) is 20.9 Å². The zero-order valence-electron chi connectivity index (χ0n) is 10.0. The van der Waals surface area contributed by atoms with Crippen molar-refractivity contribution in [3.8, 4) is 5.75 Å². The van der Waals surface area contributed by atoms with Gasteiger partial charge in [0.05, 0.1) is 12.6 Å². The molecule has 94 valence electrons. The molecule has 1 aromatic carbocycles. The maximum absolute atomic E-state index is 10.5. The number of nitrogens with zero attached hydrogens (tertiary/aromatic N) is 2. The van der Waals surface area contributed by atoms with Crippen LogP contribution in [0.15, 0.2) is 36.7 Å². The van der Waals surface area contributed by atoms with Gasteiger partial charge < -0.3 is 9.84 Å². The number of rotatable bonds is 5. The van der Waals surface area contributed by atoms with E-state index in [-0.39, 0.29) is 6.42 Å². The van der Waals surface area contributed by atoms with Gasteiger partial charge in [0.25, 0.3) is 0 Å². The predicted octanol–water partition coefficient (Wildman–Crippen LogP) is 1.63. The summed E-state index contributed by atoms with van der Waals surface area (Å²) >= 11 is 0. The topological polar surface area (TPSA) is 64.3 Å². The first-order chi connectivity index (χ1) is 8.63. The highest BCUT2D eigenvalue weighted by Gasteiger charge is 2.01. The molecule has 0 radical (unpaired) electrons. The van der Waals surface area contributed by atoms with E-state index in [1.807, 2.05) is 13.2 Å². The van der Waals surface area contributed by atoms with E-state index < -0.39 is 5.97 Å². The number of hydrogen-bond donors (Lipinski definition) is 1. The second-order valence-electron chi connectivity index (χ2n) is 4.03. The number of carboxylic acid groups (broad SMARTS) is 1. The van der Waals surface area contributed by atoms with Gasteiger partial charge in [-0.15, -0.1) is 0 Å². The van der Waals surface area contributed by atoms with Gasteiger partial charge in [-0.25, -0.2) is 0 Å². The number of hydrogen-bond acceptors (Lipinski definition) is 3. The van der Waals surface area contributed by atoms with Crippen molar-refractivity contribution in [1.82, 2.24) is 9.78 Å². The molecule has 1 N–H and O–H groups in total. The third kappa shape index (κ3) is 3.35. The minimum absolute atomic E-state index is 0.0306. The van der Waals surface area contributed by atoms with Crippen molar-refractivity contribution in [2.24, 2.45) is 7.05 Å². The van der Waals surface area contributed by atoms with Gasteiger partial charge in [0, 0.05) is 18.8 Å². The van der Waals surface area contributed by atoms with Crippen LogP contribution in [0, 0.1) is 0 Å². The summed E-state index contributed by atoms with van der Waals surface area (Å²) in [6, 6.07) is 7.06. The number of ether oxygens (including phenoxy) is 1. The van der Waals surface area contributed by atoms with Gasteiger partial charge in [0.15, 0.2) is 0 Å².